The SMILES string of the molecule is O=C(C1CC1)N1CC[C@@H](CN2C(c3ccc(-c4ccc5sccc5c4)cc3F)=NC3(CCCC3)C2O)C1. The van der Waals surface area contributed by atoms with E-state index < -0.39 is 11.8 Å². The minimum absolute atomic E-state index is 0.225. The van der Waals surface area contributed by atoms with E-state index in [9.17, 15) is 9.90 Å². The molecule has 3 fully saturated rings. The number of fused-ring (bicyclic) bond motifs is 1. The molecule has 1 spiro atoms. The van der Waals surface area contributed by atoms with Crippen molar-refractivity contribution in [3.8, 4) is 11.1 Å². The van der Waals surface area contributed by atoms with Gasteiger partial charge in [-0.25, -0.2) is 4.39 Å². The molecule has 1 unspecified atom stereocenters. The molecule has 7 rings (SSSR count). The molecule has 37 heavy (non-hydrogen) atoms. The van der Waals surface area contributed by atoms with Gasteiger partial charge in [0, 0.05) is 30.3 Å². The van der Waals surface area contributed by atoms with Crippen molar-refractivity contribution in [3.63, 3.8) is 0 Å². The number of nitrogens with zero attached hydrogens (tertiary/aromatic N) is 3. The zero-order valence-corrected chi connectivity index (χ0v) is 21.7. The maximum Gasteiger partial charge on any atom is 0.225 e. The van der Waals surface area contributed by atoms with Crippen LogP contribution in [0.25, 0.3) is 21.2 Å². The van der Waals surface area contributed by atoms with Crippen molar-refractivity contribution < 1.29 is 14.3 Å². The van der Waals surface area contributed by atoms with Crippen molar-refractivity contribution in [2.45, 2.75) is 56.7 Å². The molecule has 3 heterocycles. The summed E-state index contributed by atoms with van der Waals surface area (Å²) >= 11 is 1.70. The predicted octanol–water partition coefficient (Wildman–Crippen LogP) is 5.66. The first-order valence-corrected chi connectivity index (χ1v) is 14.5. The largest absolute Gasteiger partial charge is 0.371 e. The second-order valence-electron chi connectivity index (χ2n) is 11.4. The van der Waals surface area contributed by atoms with E-state index in [2.05, 4.69) is 23.6 Å². The number of amides is 1. The van der Waals surface area contributed by atoms with Crippen molar-refractivity contribution in [1.29, 1.82) is 0 Å². The molecule has 1 aromatic heterocycles. The molecule has 0 radical (unpaired) electrons. The lowest BCUT2D eigenvalue weighted by Crippen LogP contribution is -2.48. The summed E-state index contributed by atoms with van der Waals surface area (Å²) < 4.78 is 17.0. The van der Waals surface area contributed by atoms with E-state index >= 15 is 4.39 Å². The Kier molecular flexibility index (Phi) is 5.63. The molecular formula is C30H32FN3O2S. The summed E-state index contributed by atoms with van der Waals surface area (Å²) in [4.78, 5) is 21.6. The fraction of sp³-hybridized carbons (Fsp3) is 0.467. The number of amidine groups is 1. The van der Waals surface area contributed by atoms with Crippen LogP contribution in [0.4, 0.5) is 4.39 Å². The lowest BCUT2D eigenvalue weighted by atomic mass is 9.96. The predicted molar refractivity (Wildman–Crippen MR) is 145 cm³/mol. The fourth-order valence-electron chi connectivity index (χ4n) is 6.57. The number of likely N-dealkylation sites (tertiary alicyclic amines) is 1. The average molecular weight is 518 g/mol. The Morgan fingerprint density at radius 2 is 1.86 bits per heavy atom. The number of aliphatic hydroxyl groups is 1. The first-order valence-electron chi connectivity index (χ1n) is 13.6. The highest BCUT2D eigenvalue weighted by Crippen LogP contribution is 2.43. The Balaban J connectivity index is 1.18. The number of aliphatic imine (C=N–C) groups is 1. The van der Waals surface area contributed by atoms with Gasteiger partial charge >= 0.3 is 0 Å². The van der Waals surface area contributed by atoms with Gasteiger partial charge in [-0.15, -0.1) is 11.3 Å². The zero-order chi connectivity index (χ0) is 25.1. The van der Waals surface area contributed by atoms with Crippen LogP contribution in [-0.2, 0) is 4.79 Å². The summed E-state index contributed by atoms with van der Waals surface area (Å²) in [6.45, 7) is 2.08. The van der Waals surface area contributed by atoms with Gasteiger partial charge in [-0.2, -0.15) is 0 Å². The van der Waals surface area contributed by atoms with E-state index in [1.54, 1.807) is 17.4 Å². The average Bonchev–Trinajstić information content (AvgIpc) is 3.25. The van der Waals surface area contributed by atoms with Crippen LogP contribution in [0.2, 0.25) is 0 Å². The molecule has 2 saturated carbocycles. The quantitative estimate of drug-likeness (QED) is 0.475. The monoisotopic (exact) mass is 517 g/mol. The first kappa shape index (κ1) is 23.4. The third-order valence-corrected chi connectivity index (χ3v) is 9.72. The molecule has 2 atom stereocenters. The standard InChI is InChI=1S/C30H32FN3O2S/c31-25-16-22(21-6-8-26-23(15-21)10-14-37-26)5-7-24(25)27-32-30(11-1-2-12-30)29(36)34(27)18-19-9-13-33(17-19)28(35)20-3-4-20/h5-8,10,14-16,19-20,29,36H,1-4,9,11-13,17-18H2/t19-,29?/m1/s1. The van der Waals surface area contributed by atoms with Gasteiger partial charge in [-0.3, -0.25) is 9.79 Å². The van der Waals surface area contributed by atoms with E-state index in [4.69, 9.17) is 4.99 Å². The summed E-state index contributed by atoms with van der Waals surface area (Å²) in [5.41, 5.74) is 1.72. The second kappa shape index (κ2) is 8.91. The topological polar surface area (TPSA) is 56.1 Å². The minimum Gasteiger partial charge on any atom is -0.371 e. The molecule has 2 aliphatic heterocycles. The molecule has 3 aromatic rings. The van der Waals surface area contributed by atoms with Gasteiger partial charge in [0.25, 0.3) is 0 Å². The van der Waals surface area contributed by atoms with E-state index in [0.717, 1.165) is 68.0 Å². The Bertz CT molecular complexity index is 1390. The highest BCUT2D eigenvalue weighted by molar-refractivity contribution is 7.17. The normalized spacial score (nSPS) is 25.0. The van der Waals surface area contributed by atoms with Crippen LogP contribution in [0.15, 0.2) is 52.8 Å². The van der Waals surface area contributed by atoms with Crippen LogP contribution in [0, 0.1) is 17.7 Å². The molecule has 7 heteroatoms. The number of halogens is 1. The van der Waals surface area contributed by atoms with Crippen LogP contribution in [0.1, 0.15) is 50.5 Å². The smallest absolute Gasteiger partial charge is 0.225 e. The van der Waals surface area contributed by atoms with Crippen LogP contribution < -0.4 is 0 Å². The number of aliphatic hydroxyl groups excluding tert-OH is 1. The lowest BCUT2D eigenvalue weighted by Gasteiger charge is -2.33. The number of benzene rings is 2. The molecule has 5 nitrogen and oxygen atoms in total. The second-order valence-corrected chi connectivity index (χ2v) is 12.3. The third-order valence-electron chi connectivity index (χ3n) is 8.82. The summed E-state index contributed by atoms with van der Waals surface area (Å²) in [6.07, 6.45) is 5.90. The van der Waals surface area contributed by atoms with E-state index in [1.807, 2.05) is 28.0 Å². The van der Waals surface area contributed by atoms with E-state index in [1.165, 1.54) is 4.70 Å². The van der Waals surface area contributed by atoms with Crippen molar-refractivity contribution in [2.24, 2.45) is 16.8 Å². The maximum atomic E-state index is 15.8. The summed E-state index contributed by atoms with van der Waals surface area (Å²) in [5, 5.41) is 14.8. The summed E-state index contributed by atoms with van der Waals surface area (Å²) in [5.74, 6) is 1.01. The third kappa shape index (κ3) is 4.07. The van der Waals surface area contributed by atoms with Gasteiger partial charge in [0.15, 0.2) is 6.23 Å². The van der Waals surface area contributed by atoms with Crippen LogP contribution in [0.3, 0.4) is 0 Å². The van der Waals surface area contributed by atoms with Gasteiger partial charge in [-0.05, 0) is 90.2 Å². The zero-order valence-electron chi connectivity index (χ0n) is 20.9. The van der Waals surface area contributed by atoms with Crippen LogP contribution >= 0.6 is 11.3 Å². The molecule has 1 amide bonds. The van der Waals surface area contributed by atoms with Gasteiger partial charge in [0.2, 0.25) is 5.91 Å². The van der Waals surface area contributed by atoms with Gasteiger partial charge in [-0.1, -0.05) is 25.0 Å². The van der Waals surface area contributed by atoms with E-state index in [0.29, 0.717) is 24.5 Å². The Labute approximate surface area is 220 Å². The highest BCUT2D eigenvalue weighted by atomic mass is 32.1. The highest BCUT2D eigenvalue weighted by Gasteiger charge is 2.50. The first-order chi connectivity index (χ1) is 18.0. The van der Waals surface area contributed by atoms with Crippen LogP contribution in [0.5, 0.6) is 0 Å². The Morgan fingerprint density at radius 1 is 1.08 bits per heavy atom. The van der Waals surface area contributed by atoms with Crippen molar-refractivity contribution in [3.05, 3.63) is 59.2 Å². The Morgan fingerprint density at radius 3 is 2.65 bits per heavy atom. The summed E-state index contributed by atoms with van der Waals surface area (Å²) in [7, 11) is 0. The lowest BCUT2D eigenvalue weighted by molar-refractivity contribution is -0.131. The molecular weight excluding hydrogens is 485 g/mol. The summed E-state index contributed by atoms with van der Waals surface area (Å²) in [6, 6.07) is 13.7. The minimum atomic E-state index is -0.752. The fourth-order valence-corrected chi connectivity index (χ4v) is 7.34. The number of rotatable bonds is 5. The Hall–Kier alpha value is -2.77. The molecule has 1 N–H and O–H groups in total. The number of hydrogen-bond acceptors (Lipinski definition) is 5. The van der Waals surface area contributed by atoms with Crippen molar-refractivity contribution in [2.75, 3.05) is 19.6 Å². The molecule has 2 aliphatic carbocycles. The van der Waals surface area contributed by atoms with Crippen LogP contribution in [-0.4, -0.2) is 58.1 Å². The van der Waals surface area contributed by atoms with Gasteiger partial charge < -0.3 is 14.9 Å². The number of carbonyl (C=O) groups is 1. The molecule has 1 saturated heterocycles. The van der Waals surface area contributed by atoms with Gasteiger partial charge in [0.05, 0.1) is 5.56 Å². The molecule has 192 valence electrons. The van der Waals surface area contributed by atoms with Crippen molar-refractivity contribution in [1.82, 2.24) is 9.80 Å². The van der Waals surface area contributed by atoms with Gasteiger partial charge in [0.1, 0.15) is 17.2 Å². The molecule has 4 aliphatic rings. The number of thiophene rings is 1. The maximum absolute atomic E-state index is 15.8. The number of carbonyl (C=O) groups excluding carboxylic acids is 1. The molecule has 0 bridgehead atoms. The molecule has 2 aromatic carbocycles. The number of hydrogen-bond donors (Lipinski definition) is 1. The van der Waals surface area contributed by atoms with E-state index in [-0.39, 0.29) is 23.6 Å². The van der Waals surface area contributed by atoms with Crippen molar-refractivity contribution >= 4 is 33.2 Å².